The van der Waals surface area contributed by atoms with Crippen molar-refractivity contribution in [2.45, 2.75) is 6.61 Å². The molecule has 6 heteroatoms. The lowest BCUT2D eigenvalue weighted by Gasteiger charge is -2.03. The van der Waals surface area contributed by atoms with E-state index in [0.29, 0.717) is 11.4 Å². The Labute approximate surface area is 83.5 Å². The average Bonchev–Trinajstić information content (AvgIpc) is 2.71. The second kappa shape index (κ2) is 4.04. The van der Waals surface area contributed by atoms with E-state index < -0.39 is 6.61 Å². The first-order valence-electron chi connectivity index (χ1n) is 4.07. The van der Waals surface area contributed by atoms with E-state index in [9.17, 15) is 8.78 Å². The number of halogens is 2. The highest BCUT2D eigenvalue weighted by Gasteiger charge is 2.06. The molecule has 0 aliphatic heterocycles. The average molecular weight is 212 g/mol. The summed E-state index contributed by atoms with van der Waals surface area (Å²) >= 11 is 0. The van der Waals surface area contributed by atoms with Gasteiger partial charge in [-0.3, -0.25) is 0 Å². The summed E-state index contributed by atoms with van der Waals surface area (Å²) in [6, 6.07) is 5.97. The smallest absolute Gasteiger partial charge is 0.387 e. The summed E-state index contributed by atoms with van der Waals surface area (Å²) in [4.78, 5) is 3.81. The molecule has 1 heterocycles. The fourth-order valence-electron chi connectivity index (χ4n) is 1.08. The van der Waals surface area contributed by atoms with Crippen LogP contribution in [0.3, 0.4) is 0 Å². The molecular formula is C9H6F2N2O2. The van der Waals surface area contributed by atoms with Crippen molar-refractivity contribution >= 4 is 0 Å². The minimum atomic E-state index is -2.82. The first kappa shape index (κ1) is 9.57. The van der Waals surface area contributed by atoms with E-state index >= 15 is 0 Å². The molecule has 0 spiro atoms. The van der Waals surface area contributed by atoms with Gasteiger partial charge in [-0.05, 0) is 24.3 Å². The molecule has 78 valence electrons. The minimum absolute atomic E-state index is 0.0947. The van der Waals surface area contributed by atoms with E-state index in [4.69, 9.17) is 0 Å². The van der Waals surface area contributed by atoms with Crippen molar-refractivity contribution in [2.75, 3.05) is 0 Å². The molecule has 0 aliphatic carbocycles. The first-order valence-corrected chi connectivity index (χ1v) is 4.07. The molecule has 2 aromatic rings. The summed E-state index contributed by atoms with van der Waals surface area (Å²) in [6.45, 7) is -2.82. The number of alkyl halides is 2. The molecule has 0 atom stereocenters. The van der Waals surface area contributed by atoms with Crippen molar-refractivity contribution < 1.29 is 18.0 Å². The third-order valence-electron chi connectivity index (χ3n) is 1.70. The van der Waals surface area contributed by atoms with Crippen molar-refractivity contribution in [3.63, 3.8) is 0 Å². The molecule has 0 unspecified atom stereocenters. The monoisotopic (exact) mass is 212 g/mol. The van der Waals surface area contributed by atoms with E-state index in [1.807, 2.05) is 0 Å². The van der Waals surface area contributed by atoms with E-state index in [1.54, 1.807) is 12.1 Å². The largest absolute Gasteiger partial charge is 0.435 e. The highest BCUT2D eigenvalue weighted by molar-refractivity contribution is 5.55. The van der Waals surface area contributed by atoms with Crippen LogP contribution in [0.15, 0.2) is 35.2 Å². The van der Waals surface area contributed by atoms with Crippen LogP contribution in [0.25, 0.3) is 11.4 Å². The molecular weight excluding hydrogens is 206 g/mol. The third kappa shape index (κ3) is 2.28. The van der Waals surface area contributed by atoms with Gasteiger partial charge in [0.25, 0.3) is 0 Å². The molecule has 15 heavy (non-hydrogen) atoms. The molecule has 1 aromatic heterocycles. The van der Waals surface area contributed by atoms with E-state index in [2.05, 4.69) is 19.4 Å². The maximum absolute atomic E-state index is 11.8. The standard InChI is InChI=1S/C9H6F2N2O2/c10-9(11)15-7-3-1-6(2-4-7)8-12-5-14-13-8/h1-5,9H. The highest BCUT2D eigenvalue weighted by Crippen LogP contribution is 2.20. The SMILES string of the molecule is FC(F)Oc1ccc(-c2ncon2)cc1. The van der Waals surface area contributed by atoms with Gasteiger partial charge in [-0.1, -0.05) is 5.16 Å². The maximum Gasteiger partial charge on any atom is 0.387 e. The molecule has 0 amide bonds. The number of aromatic nitrogens is 2. The fraction of sp³-hybridized carbons (Fsp3) is 0.111. The van der Waals surface area contributed by atoms with Crippen LogP contribution < -0.4 is 4.74 Å². The lowest BCUT2D eigenvalue weighted by molar-refractivity contribution is -0.0498. The van der Waals surface area contributed by atoms with Crippen LogP contribution in [-0.4, -0.2) is 16.8 Å². The molecule has 0 fully saturated rings. The van der Waals surface area contributed by atoms with Crippen molar-refractivity contribution in [3.05, 3.63) is 30.7 Å². The molecule has 4 nitrogen and oxygen atoms in total. The van der Waals surface area contributed by atoms with Crippen LogP contribution >= 0.6 is 0 Å². The maximum atomic E-state index is 11.8. The topological polar surface area (TPSA) is 48.2 Å². The molecule has 0 bridgehead atoms. The van der Waals surface area contributed by atoms with Gasteiger partial charge in [0.1, 0.15) is 5.75 Å². The van der Waals surface area contributed by atoms with E-state index in [0.717, 1.165) is 0 Å². The van der Waals surface area contributed by atoms with Gasteiger partial charge in [-0.2, -0.15) is 13.8 Å². The summed E-state index contributed by atoms with van der Waals surface area (Å²) < 4.78 is 32.4. The number of rotatable bonds is 3. The Morgan fingerprint density at radius 2 is 1.93 bits per heavy atom. The predicted octanol–water partition coefficient (Wildman–Crippen LogP) is 2.34. The van der Waals surface area contributed by atoms with Crippen molar-refractivity contribution in [3.8, 4) is 17.1 Å². The Bertz CT molecular complexity index is 414. The van der Waals surface area contributed by atoms with Gasteiger partial charge in [0.2, 0.25) is 12.2 Å². The lowest BCUT2D eigenvalue weighted by Crippen LogP contribution is -2.01. The summed E-state index contributed by atoms with van der Waals surface area (Å²) in [5, 5.41) is 3.60. The molecule has 0 saturated heterocycles. The number of benzene rings is 1. The number of hydrogen-bond donors (Lipinski definition) is 0. The minimum Gasteiger partial charge on any atom is -0.435 e. The number of nitrogens with zero attached hydrogens (tertiary/aromatic N) is 2. The van der Waals surface area contributed by atoms with Gasteiger partial charge in [0, 0.05) is 5.56 Å². The zero-order valence-corrected chi connectivity index (χ0v) is 7.43. The summed E-state index contributed by atoms with van der Waals surface area (Å²) in [7, 11) is 0. The molecule has 0 aliphatic rings. The Morgan fingerprint density at radius 3 is 2.47 bits per heavy atom. The third-order valence-corrected chi connectivity index (χ3v) is 1.70. The van der Waals surface area contributed by atoms with Crippen LogP contribution in [0.5, 0.6) is 5.75 Å². The highest BCUT2D eigenvalue weighted by atomic mass is 19.3. The Balaban J connectivity index is 2.17. The Hall–Kier alpha value is -1.98. The quantitative estimate of drug-likeness (QED) is 0.783. The van der Waals surface area contributed by atoms with Gasteiger partial charge in [0.15, 0.2) is 0 Å². The zero-order chi connectivity index (χ0) is 10.7. The van der Waals surface area contributed by atoms with Crippen molar-refractivity contribution in [1.29, 1.82) is 0 Å². The summed E-state index contributed by atoms with van der Waals surface area (Å²) in [6.07, 6.45) is 1.19. The van der Waals surface area contributed by atoms with Crippen molar-refractivity contribution in [1.82, 2.24) is 10.1 Å². The normalized spacial score (nSPS) is 10.6. The van der Waals surface area contributed by atoms with Gasteiger partial charge in [-0.15, -0.1) is 0 Å². The van der Waals surface area contributed by atoms with Crippen LogP contribution in [0.2, 0.25) is 0 Å². The number of hydrogen-bond acceptors (Lipinski definition) is 4. The van der Waals surface area contributed by atoms with E-state index in [1.165, 1.54) is 18.5 Å². The fourth-order valence-corrected chi connectivity index (χ4v) is 1.08. The number of ether oxygens (including phenoxy) is 1. The Morgan fingerprint density at radius 1 is 1.20 bits per heavy atom. The second-order valence-electron chi connectivity index (χ2n) is 2.66. The van der Waals surface area contributed by atoms with Crippen LogP contribution in [-0.2, 0) is 0 Å². The van der Waals surface area contributed by atoms with Crippen molar-refractivity contribution in [2.24, 2.45) is 0 Å². The molecule has 0 saturated carbocycles. The van der Waals surface area contributed by atoms with Gasteiger partial charge < -0.3 is 9.26 Å². The van der Waals surface area contributed by atoms with E-state index in [-0.39, 0.29) is 5.75 Å². The molecule has 1 aromatic carbocycles. The van der Waals surface area contributed by atoms with Gasteiger partial charge in [-0.25, -0.2) is 0 Å². The summed E-state index contributed by atoms with van der Waals surface area (Å²) in [5.74, 6) is 0.496. The molecule has 0 N–H and O–H groups in total. The van der Waals surface area contributed by atoms with Crippen LogP contribution in [0.4, 0.5) is 8.78 Å². The lowest BCUT2D eigenvalue weighted by atomic mass is 10.2. The zero-order valence-electron chi connectivity index (χ0n) is 7.43. The predicted molar refractivity (Wildman–Crippen MR) is 46.4 cm³/mol. The van der Waals surface area contributed by atoms with Crippen LogP contribution in [0.1, 0.15) is 0 Å². The van der Waals surface area contributed by atoms with Gasteiger partial charge >= 0.3 is 6.61 Å². The molecule has 2 rings (SSSR count). The van der Waals surface area contributed by atoms with Gasteiger partial charge in [0.05, 0.1) is 0 Å². The second-order valence-corrected chi connectivity index (χ2v) is 2.66. The molecule has 0 radical (unpaired) electrons. The first-order chi connectivity index (χ1) is 7.25. The Kier molecular flexibility index (Phi) is 2.57. The van der Waals surface area contributed by atoms with Crippen LogP contribution in [0, 0.1) is 0 Å². The summed E-state index contributed by atoms with van der Waals surface area (Å²) in [5.41, 5.74) is 0.672.